The van der Waals surface area contributed by atoms with Crippen LogP contribution in [-0.2, 0) is 11.2 Å². The van der Waals surface area contributed by atoms with Gasteiger partial charge in [0.05, 0.1) is 22.5 Å². The first-order valence-electron chi connectivity index (χ1n) is 7.90. The third-order valence-corrected chi connectivity index (χ3v) is 4.75. The van der Waals surface area contributed by atoms with Gasteiger partial charge < -0.3 is 5.32 Å². The number of aryl methyl sites for hydroxylation is 2. The van der Waals surface area contributed by atoms with Gasteiger partial charge in [-0.2, -0.15) is 0 Å². The molecule has 0 aliphatic carbocycles. The van der Waals surface area contributed by atoms with Crippen LogP contribution in [0.25, 0.3) is 11.0 Å². The average molecular weight is 337 g/mol. The van der Waals surface area contributed by atoms with Gasteiger partial charge in [-0.05, 0) is 43.2 Å². The summed E-state index contributed by atoms with van der Waals surface area (Å²) in [5.41, 5.74) is 4.64. The number of thioether (sulfide) groups is 1. The van der Waals surface area contributed by atoms with Crippen molar-refractivity contribution in [2.75, 3.05) is 11.1 Å². The van der Waals surface area contributed by atoms with E-state index < -0.39 is 0 Å². The van der Waals surface area contributed by atoms with Crippen molar-refractivity contribution in [3.8, 4) is 0 Å². The van der Waals surface area contributed by atoms with Crippen LogP contribution in [0.4, 0.5) is 5.69 Å². The molecule has 1 heterocycles. The number of benzene rings is 2. The Bertz CT molecular complexity index is 862. The van der Waals surface area contributed by atoms with Crippen molar-refractivity contribution in [2.24, 2.45) is 0 Å². The highest BCUT2D eigenvalue weighted by atomic mass is 32.2. The molecule has 0 saturated carbocycles. The lowest BCUT2D eigenvalue weighted by Gasteiger charge is -2.08. The first kappa shape index (κ1) is 16.5. The molecule has 1 amide bonds. The first-order chi connectivity index (χ1) is 11.7. The van der Waals surface area contributed by atoms with Gasteiger partial charge in [-0.3, -0.25) is 4.79 Å². The van der Waals surface area contributed by atoms with Gasteiger partial charge in [0.25, 0.3) is 0 Å². The van der Waals surface area contributed by atoms with Gasteiger partial charge in [-0.25, -0.2) is 9.97 Å². The summed E-state index contributed by atoms with van der Waals surface area (Å²) in [4.78, 5) is 21.3. The van der Waals surface area contributed by atoms with Crippen molar-refractivity contribution in [3.63, 3.8) is 0 Å². The van der Waals surface area contributed by atoms with Gasteiger partial charge in [0.1, 0.15) is 5.03 Å². The Kier molecular flexibility index (Phi) is 5.11. The van der Waals surface area contributed by atoms with Crippen LogP contribution in [0.5, 0.6) is 0 Å². The summed E-state index contributed by atoms with van der Waals surface area (Å²) in [5.74, 6) is 0.266. The van der Waals surface area contributed by atoms with Gasteiger partial charge in [0.2, 0.25) is 5.91 Å². The fourth-order valence-corrected chi connectivity index (χ4v) is 3.12. The molecule has 0 saturated heterocycles. The smallest absolute Gasteiger partial charge is 0.234 e. The van der Waals surface area contributed by atoms with E-state index in [1.165, 1.54) is 17.3 Å². The lowest BCUT2D eigenvalue weighted by atomic mass is 10.1. The van der Waals surface area contributed by atoms with E-state index in [0.717, 1.165) is 33.9 Å². The number of anilines is 1. The second kappa shape index (κ2) is 7.45. The minimum absolute atomic E-state index is 0.0430. The molecule has 4 nitrogen and oxygen atoms in total. The normalized spacial score (nSPS) is 10.8. The maximum absolute atomic E-state index is 12.1. The number of aromatic nitrogens is 2. The van der Waals surface area contributed by atoms with Gasteiger partial charge in [0.15, 0.2) is 0 Å². The minimum atomic E-state index is -0.0430. The van der Waals surface area contributed by atoms with Crippen LogP contribution in [0, 0.1) is 6.92 Å². The zero-order valence-electron chi connectivity index (χ0n) is 13.7. The summed E-state index contributed by atoms with van der Waals surface area (Å²) in [6, 6.07) is 15.7. The Labute approximate surface area is 145 Å². The fourth-order valence-electron chi connectivity index (χ4n) is 2.36. The molecular formula is C19H19N3OS. The Morgan fingerprint density at radius 1 is 1.04 bits per heavy atom. The molecule has 1 N–H and O–H groups in total. The molecular weight excluding hydrogens is 318 g/mol. The van der Waals surface area contributed by atoms with Crippen LogP contribution in [-0.4, -0.2) is 21.6 Å². The highest BCUT2D eigenvalue weighted by Gasteiger charge is 2.09. The number of nitrogens with zero attached hydrogens (tertiary/aromatic N) is 2. The monoisotopic (exact) mass is 337 g/mol. The molecule has 1 aromatic heterocycles. The molecule has 0 spiro atoms. The minimum Gasteiger partial charge on any atom is -0.325 e. The van der Waals surface area contributed by atoms with Crippen LogP contribution in [0.15, 0.2) is 53.6 Å². The first-order valence-corrected chi connectivity index (χ1v) is 8.89. The second-order valence-electron chi connectivity index (χ2n) is 5.49. The molecule has 122 valence electrons. The lowest BCUT2D eigenvalue weighted by Crippen LogP contribution is -2.14. The summed E-state index contributed by atoms with van der Waals surface area (Å²) >= 11 is 1.41. The molecule has 3 aromatic rings. The van der Waals surface area contributed by atoms with E-state index in [2.05, 4.69) is 22.2 Å². The van der Waals surface area contributed by atoms with Crippen molar-refractivity contribution in [1.82, 2.24) is 9.97 Å². The molecule has 0 atom stereocenters. The quantitative estimate of drug-likeness (QED) is 0.708. The highest BCUT2D eigenvalue weighted by Crippen LogP contribution is 2.22. The van der Waals surface area contributed by atoms with Gasteiger partial charge in [-0.1, -0.05) is 43.0 Å². The van der Waals surface area contributed by atoms with Crippen LogP contribution >= 0.6 is 11.8 Å². The third kappa shape index (κ3) is 3.92. The highest BCUT2D eigenvalue weighted by molar-refractivity contribution is 8.00. The zero-order valence-corrected chi connectivity index (χ0v) is 14.6. The molecule has 0 aliphatic rings. The number of hydrogen-bond donors (Lipinski definition) is 1. The average Bonchev–Trinajstić information content (AvgIpc) is 2.60. The topological polar surface area (TPSA) is 54.9 Å². The number of carbonyl (C=O) groups is 1. The van der Waals surface area contributed by atoms with E-state index in [1.54, 1.807) is 0 Å². The molecule has 0 unspecified atom stereocenters. The second-order valence-corrected chi connectivity index (χ2v) is 6.45. The number of hydrogen-bond acceptors (Lipinski definition) is 4. The number of fused-ring (bicyclic) bond motifs is 1. The Hall–Kier alpha value is -2.40. The maximum atomic E-state index is 12.1. The van der Waals surface area contributed by atoms with E-state index in [1.807, 2.05) is 55.5 Å². The third-order valence-electron chi connectivity index (χ3n) is 3.69. The van der Waals surface area contributed by atoms with E-state index in [9.17, 15) is 4.79 Å². The van der Waals surface area contributed by atoms with Gasteiger partial charge in [-0.15, -0.1) is 0 Å². The zero-order chi connectivity index (χ0) is 16.9. The van der Waals surface area contributed by atoms with Crippen LogP contribution in [0.2, 0.25) is 0 Å². The summed E-state index contributed by atoms with van der Waals surface area (Å²) in [6.07, 6.45) is 0.990. The summed E-state index contributed by atoms with van der Waals surface area (Å²) in [6.45, 7) is 4.03. The lowest BCUT2D eigenvalue weighted by molar-refractivity contribution is -0.113. The molecule has 5 heteroatoms. The van der Waals surface area contributed by atoms with E-state index in [0.29, 0.717) is 5.75 Å². The van der Waals surface area contributed by atoms with Crippen LogP contribution < -0.4 is 5.32 Å². The van der Waals surface area contributed by atoms with Crippen molar-refractivity contribution in [2.45, 2.75) is 25.3 Å². The van der Waals surface area contributed by atoms with E-state index >= 15 is 0 Å². The van der Waals surface area contributed by atoms with Crippen LogP contribution in [0.3, 0.4) is 0 Å². The number of rotatable bonds is 5. The number of amides is 1. The molecule has 0 bridgehead atoms. The van der Waals surface area contributed by atoms with Crippen molar-refractivity contribution >= 4 is 34.4 Å². The van der Waals surface area contributed by atoms with E-state index in [4.69, 9.17) is 0 Å². The largest absolute Gasteiger partial charge is 0.325 e. The Morgan fingerprint density at radius 3 is 2.38 bits per heavy atom. The van der Waals surface area contributed by atoms with Crippen molar-refractivity contribution in [3.05, 3.63) is 59.8 Å². The van der Waals surface area contributed by atoms with Crippen molar-refractivity contribution < 1.29 is 4.79 Å². The standard InChI is InChI=1S/C19H19N3OS/c1-3-14-8-10-15(11-9-14)21-18(23)12-24-19-13(2)20-16-6-4-5-7-17(16)22-19/h4-11H,3,12H2,1-2H3,(H,21,23). The van der Waals surface area contributed by atoms with Gasteiger partial charge >= 0.3 is 0 Å². The SMILES string of the molecule is CCc1ccc(NC(=O)CSc2nc3ccccc3nc2C)cc1. The van der Waals surface area contributed by atoms with Crippen LogP contribution in [0.1, 0.15) is 18.2 Å². The molecule has 24 heavy (non-hydrogen) atoms. The number of carbonyl (C=O) groups excluding carboxylic acids is 1. The molecule has 3 rings (SSSR count). The predicted molar refractivity (Wildman–Crippen MR) is 99.4 cm³/mol. The summed E-state index contributed by atoms with van der Waals surface area (Å²) in [5, 5.41) is 3.71. The Morgan fingerprint density at radius 2 is 1.71 bits per heavy atom. The molecule has 0 aliphatic heterocycles. The number of para-hydroxylation sites is 2. The predicted octanol–water partition coefficient (Wildman–Crippen LogP) is 4.23. The molecule has 0 radical (unpaired) electrons. The molecule has 0 fully saturated rings. The maximum Gasteiger partial charge on any atom is 0.234 e. The summed E-state index contributed by atoms with van der Waals surface area (Å²) < 4.78 is 0. The van der Waals surface area contributed by atoms with Gasteiger partial charge in [0, 0.05) is 5.69 Å². The van der Waals surface area contributed by atoms with Crippen molar-refractivity contribution in [1.29, 1.82) is 0 Å². The van der Waals surface area contributed by atoms with E-state index in [-0.39, 0.29) is 5.91 Å². The number of nitrogens with one attached hydrogen (secondary N) is 1. The summed E-state index contributed by atoms with van der Waals surface area (Å²) in [7, 11) is 0. The Balaban J connectivity index is 1.64. The molecule has 2 aromatic carbocycles. The fraction of sp³-hybridized carbons (Fsp3) is 0.211.